The van der Waals surface area contributed by atoms with Gasteiger partial charge in [-0.1, -0.05) is 0 Å². The van der Waals surface area contributed by atoms with Gasteiger partial charge in [0.25, 0.3) is 0 Å². The average molecular weight is 251 g/mol. The van der Waals surface area contributed by atoms with Gasteiger partial charge in [-0.2, -0.15) is 5.26 Å². The Labute approximate surface area is 108 Å². The fraction of sp³-hybridized carbons (Fsp3) is 0.0769. The fourth-order valence-electron chi connectivity index (χ4n) is 1.99. The third-order valence-electron chi connectivity index (χ3n) is 2.91. The Morgan fingerprint density at radius 1 is 1.37 bits per heavy atom. The number of hydrogen-bond acceptors (Lipinski definition) is 4. The lowest BCUT2D eigenvalue weighted by molar-refractivity contribution is 0.959. The Morgan fingerprint density at radius 2 is 2.21 bits per heavy atom. The maximum Gasteiger partial charge on any atom is 0.191 e. The van der Waals surface area contributed by atoms with Gasteiger partial charge in [0, 0.05) is 29.1 Å². The fourth-order valence-corrected chi connectivity index (χ4v) is 1.99. The maximum absolute atomic E-state index is 12.1. The molecule has 0 bridgehead atoms. The van der Waals surface area contributed by atoms with Crippen LogP contribution in [0.1, 0.15) is 11.4 Å². The molecule has 0 aliphatic rings. The molecule has 0 amide bonds. The molecule has 3 heterocycles. The predicted molar refractivity (Wildman–Crippen MR) is 68.5 cm³/mol. The van der Waals surface area contributed by atoms with E-state index in [-0.39, 0.29) is 5.43 Å². The summed E-state index contributed by atoms with van der Waals surface area (Å²) in [4.78, 5) is 20.2. The first-order chi connectivity index (χ1) is 9.19. The number of aromatic amines is 1. The molecule has 0 aliphatic carbocycles. The van der Waals surface area contributed by atoms with Crippen molar-refractivity contribution in [3.63, 3.8) is 0 Å². The number of hydrogen-bond donors (Lipinski definition) is 1. The van der Waals surface area contributed by atoms with Gasteiger partial charge in [0.05, 0.1) is 0 Å². The van der Waals surface area contributed by atoms with Gasteiger partial charge >= 0.3 is 0 Å². The standard InChI is InChI=1S/C13H9N5O/c1-8-10(3-2-9(5-14)17-8)11-6-18-13(4-12(11)19)15-7-16-18/h2-4,6-7H,1H3,(H,15,16). The number of aromatic nitrogens is 4. The van der Waals surface area contributed by atoms with Crippen LogP contribution in [0.2, 0.25) is 0 Å². The third kappa shape index (κ3) is 1.77. The van der Waals surface area contributed by atoms with E-state index in [9.17, 15) is 4.79 Å². The summed E-state index contributed by atoms with van der Waals surface area (Å²) in [6, 6.07) is 6.78. The molecule has 3 aromatic heterocycles. The highest BCUT2D eigenvalue weighted by Crippen LogP contribution is 2.19. The molecule has 0 aliphatic heterocycles. The molecule has 6 heteroatoms. The molecule has 0 spiro atoms. The lowest BCUT2D eigenvalue weighted by Crippen LogP contribution is -2.07. The molecule has 0 unspecified atom stereocenters. The monoisotopic (exact) mass is 251 g/mol. The zero-order valence-corrected chi connectivity index (χ0v) is 10.1. The van der Waals surface area contributed by atoms with Gasteiger partial charge in [0.15, 0.2) is 11.1 Å². The highest BCUT2D eigenvalue weighted by atomic mass is 16.1. The van der Waals surface area contributed by atoms with Crippen LogP contribution in [0.5, 0.6) is 0 Å². The maximum atomic E-state index is 12.1. The highest BCUT2D eigenvalue weighted by Gasteiger charge is 2.10. The molecule has 0 fully saturated rings. The number of H-pyrrole nitrogens is 1. The average Bonchev–Trinajstić information content (AvgIpc) is 2.85. The minimum atomic E-state index is -0.123. The number of nitrogens with one attached hydrogen (secondary N) is 1. The molecule has 92 valence electrons. The largest absolute Gasteiger partial charge is 0.289 e. The van der Waals surface area contributed by atoms with Crippen molar-refractivity contribution in [2.24, 2.45) is 0 Å². The van der Waals surface area contributed by atoms with Gasteiger partial charge in [0.1, 0.15) is 18.1 Å². The van der Waals surface area contributed by atoms with E-state index in [2.05, 4.69) is 15.1 Å². The second-order valence-corrected chi connectivity index (χ2v) is 4.11. The predicted octanol–water partition coefficient (Wildman–Crippen LogP) is 1.26. The first-order valence-corrected chi connectivity index (χ1v) is 5.63. The number of pyridine rings is 2. The molecular weight excluding hydrogens is 242 g/mol. The van der Waals surface area contributed by atoms with Crippen molar-refractivity contribution in [1.82, 2.24) is 19.6 Å². The van der Waals surface area contributed by atoms with Crippen molar-refractivity contribution in [3.8, 4) is 17.2 Å². The molecular formula is C13H9N5O. The van der Waals surface area contributed by atoms with Gasteiger partial charge in [-0.15, -0.1) is 0 Å². The second-order valence-electron chi connectivity index (χ2n) is 4.11. The Balaban J connectivity index is 2.27. The molecule has 6 nitrogen and oxygen atoms in total. The van der Waals surface area contributed by atoms with Crippen LogP contribution in [0, 0.1) is 18.3 Å². The van der Waals surface area contributed by atoms with Crippen molar-refractivity contribution >= 4 is 5.65 Å². The summed E-state index contributed by atoms with van der Waals surface area (Å²) < 4.78 is 1.66. The quantitative estimate of drug-likeness (QED) is 0.705. The summed E-state index contributed by atoms with van der Waals surface area (Å²) in [6.07, 6.45) is 3.20. The molecule has 19 heavy (non-hydrogen) atoms. The van der Waals surface area contributed by atoms with Gasteiger partial charge in [-0.25, -0.2) is 14.5 Å². The Hall–Kier alpha value is -2.94. The van der Waals surface area contributed by atoms with Crippen LogP contribution >= 0.6 is 0 Å². The van der Waals surface area contributed by atoms with E-state index in [4.69, 9.17) is 5.26 Å². The van der Waals surface area contributed by atoms with Gasteiger partial charge in [-0.3, -0.25) is 9.89 Å². The number of aryl methyl sites for hydroxylation is 1. The molecule has 0 radical (unpaired) electrons. The van der Waals surface area contributed by atoms with Gasteiger partial charge in [-0.05, 0) is 19.1 Å². The molecule has 1 N–H and O–H groups in total. The summed E-state index contributed by atoms with van der Waals surface area (Å²) >= 11 is 0. The number of fused-ring (bicyclic) bond motifs is 1. The SMILES string of the molecule is Cc1nc(C#N)ccc1-c1cn2[nH]cnc2cc1=O. The first-order valence-electron chi connectivity index (χ1n) is 5.63. The summed E-state index contributed by atoms with van der Waals surface area (Å²) in [7, 11) is 0. The van der Waals surface area contributed by atoms with Gasteiger partial charge in [0.2, 0.25) is 0 Å². The van der Waals surface area contributed by atoms with E-state index in [1.807, 2.05) is 6.07 Å². The van der Waals surface area contributed by atoms with E-state index in [1.165, 1.54) is 12.4 Å². The number of rotatable bonds is 1. The lowest BCUT2D eigenvalue weighted by atomic mass is 10.1. The summed E-state index contributed by atoms with van der Waals surface area (Å²) in [5, 5.41) is 11.7. The van der Waals surface area contributed by atoms with Crippen molar-refractivity contribution in [2.45, 2.75) is 6.92 Å². The molecule has 3 rings (SSSR count). The summed E-state index contributed by atoms with van der Waals surface area (Å²) in [5.41, 5.74) is 2.67. The summed E-state index contributed by atoms with van der Waals surface area (Å²) in [5.74, 6) is 0. The van der Waals surface area contributed by atoms with Crippen molar-refractivity contribution in [1.29, 1.82) is 5.26 Å². The summed E-state index contributed by atoms with van der Waals surface area (Å²) in [6.45, 7) is 1.78. The lowest BCUT2D eigenvalue weighted by Gasteiger charge is -2.05. The zero-order valence-electron chi connectivity index (χ0n) is 10.1. The second kappa shape index (κ2) is 4.07. The van der Waals surface area contributed by atoms with Crippen LogP contribution in [0.15, 0.2) is 35.5 Å². The molecule has 0 aromatic carbocycles. The highest BCUT2D eigenvalue weighted by molar-refractivity contribution is 5.66. The normalized spacial score (nSPS) is 10.5. The van der Waals surface area contributed by atoms with E-state index in [1.54, 1.807) is 29.8 Å². The Morgan fingerprint density at radius 3 is 2.95 bits per heavy atom. The number of nitriles is 1. The molecule has 0 saturated heterocycles. The van der Waals surface area contributed by atoms with Crippen LogP contribution in [0.3, 0.4) is 0 Å². The molecule has 0 atom stereocenters. The minimum Gasteiger partial charge on any atom is -0.289 e. The van der Waals surface area contributed by atoms with Crippen molar-refractivity contribution in [2.75, 3.05) is 0 Å². The molecule has 3 aromatic rings. The van der Waals surface area contributed by atoms with Gasteiger partial charge < -0.3 is 0 Å². The van der Waals surface area contributed by atoms with E-state index in [0.29, 0.717) is 28.2 Å². The zero-order chi connectivity index (χ0) is 13.4. The smallest absolute Gasteiger partial charge is 0.191 e. The van der Waals surface area contributed by atoms with Crippen LogP contribution in [-0.4, -0.2) is 19.6 Å². The first kappa shape index (κ1) is 11.2. The Kier molecular flexibility index (Phi) is 2.39. The Bertz CT molecular complexity index is 869. The minimum absolute atomic E-state index is 0.123. The molecule has 0 saturated carbocycles. The van der Waals surface area contributed by atoms with Crippen LogP contribution < -0.4 is 5.43 Å². The third-order valence-corrected chi connectivity index (χ3v) is 2.91. The van der Waals surface area contributed by atoms with Crippen molar-refractivity contribution in [3.05, 3.63) is 52.3 Å². The van der Waals surface area contributed by atoms with Crippen LogP contribution in [0.4, 0.5) is 0 Å². The topological polar surface area (TPSA) is 86.8 Å². The van der Waals surface area contributed by atoms with Crippen LogP contribution in [-0.2, 0) is 0 Å². The van der Waals surface area contributed by atoms with Crippen LogP contribution in [0.25, 0.3) is 16.8 Å². The van der Waals surface area contributed by atoms with E-state index >= 15 is 0 Å². The van der Waals surface area contributed by atoms with Crippen molar-refractivity contribution < 1.29 is 0 Å². The number of nitrogens with zero attached hydrogens (tertiary/aromatic N) is 4. The van der Waals surface area contributed by atoms with E-state index < -0.39 is 0 Å². The van der Waals surface area contributed by atoms with E-state index in [0.717, 1.165) is 0 Å².